The molecular weight excluding hydrogens is 332 g/mol. The molecule has 2 aromatic carbocycles. The second kappa shape index (κ2) is 7.07. The van der Waals surface area contributed by atoms with E-state index in [0.717, 1.165) is 11.1 Å². The lowest BCUT2D eigenvalue weighted by Gasteiger charge is -2.18. The molecular formula is C20H22N2O4. The number of aryl methyl sites for hydroxylation is 2. The van der Waals surface area contributed by atoms with Gasteiger partial charge in [-0.2, -0.15) is 0 Å². The predicted octanol–water partition coefficient (Wildman–Crippen LogP) is 3.06. The largest absolute Gasteiger partial charge is 0.497 e. The molecule has 0 aromatic heterocycles. The van der Waals surface area contributed by atoms with Crippen molar-refractivity contribution < 1.29 is 19.1 Å². The molecule has 0 radical (unpaired) electrons. The van der Waals surface area contributed by atoms with Gasteiger partial charge in [-0.25, -0.2) is 4.90 Å². The number of carbonyl (C=O) groups is 2. The average Bonchev–Trinajstić information content (AvgIpc) is 2.88. The zero-order valence-electron chi connectivity index (χ0n) is 15.3. The van der Waals surface area contributed by atoms with Gasteiger partial charge >= 0.3 is 0 Å². The van der Waals surface area contributed by atoms with Gasteiger partial charge in [0.25, 0.3) is 5.91 Å². The van der Waals surface area contributed by atoms with Gasteiger partial charge in [0.15, 0.2) is 0 Å². The molecule has 1 aliphatic heterocycles. The summed E-state index contributed by atoms with van der Waals surface area (Å²) in [5.74, 6) is 0.718. The first kappa shape index (κ1) is 17.8. The van der Waals surface area contributed by atoms with Crippen molar-refractivity contribution in [1.29, 1.82) is 0 Å². The molecule has 1 atom stereocenters. The summed E-state index contributed by atoms with van der Waals surface area (Å²) in [6.45, 7) is 3.89. The van der Waals surface area contributed by atoms with E-state index in [-0.39, 0.29) is 18.2 Å². The van der Waals surface area contributed by atoms with Gasteiger partial charge in [0.05, 0.1) is 32.0 Å². The van der Waals surface area contributed by atoms with Gasteiger partial charge in [0.1, 0.15) is 17.5 Å². The maximum Gasteiger partial charge on any atom is 0.256 e. The fourth-order valence-electron chi connectivity index (χ4n) is 3.20. The van der Waals surface area contributed by atoms with Crippen LogP contribution in [-0.4, -0.2) is 32.1 Å². The Bertz CT molecular complexity index is 843. The summed E-state index contributed by atoms with van der Waals surface area (Å²) in [7, 11) is 3.12. The van der Waals surface area contributed by atoms with E-state index in [9.17, 15) is 9.59 Å². The van der Waals surface area contributed by atoms with Crippen molar-refractivity contribution >= 4 is 23.2 Å². The lowest BCUT2D eigenvalue weighted by Crippen LogP contribution is -2.35. The normalized spacial score (nSPS) is 16.8. The minimum atomic E-state index is -0.634. The Morgan fingerprint density at radius 1 is 1.00 bits per heavy atom. The van der Waals surface area contributed by atoms with E-state index in [1.54, 1.807) is 32.4 Å². The van der Waals surface area contributed by atoms with Crippen molar-refractivity contribution in [2.75, 3.05) is 24.4 Å². The number of nitrogens with one attached hydrogen (secondary N) is 1. The number of rotatable bonds is 5. The highest BCUT2D eigenvalue weighted by molar-refractivity contribution is 6.23. The second-order valence-corrected chi connectivity index (χ2v) is 6.38. The summed E-state index contributed by atoms with van der Waals surface area (Å²) in [5, 5.41) is 3.13. The molecule has 0 bridgehead atoms. The quantitative estimate of drug-likeness (QED) is 0.836. The van der Waals surface area contributed by atoms with Gasteiger partial charge < -0.3 is 14.8 Å². The summed E-state index contributed by atoms with van der Waals surface area (Å²) in [6, 6.07) is 10.3. The van der Waals surface area contributed by atoms with E-state index in [1.165, 1.54) is 4.90 Å². The van der Waals surface area contributed by atoms with Crippen LogP contribution in [0, 0.1) is 13.8 Å². The lowest BCUT2D eigenvalue weighted by molar-refractivity contribution is -0.121. The number of hydrogen-bond acceptors (Lipinski definition) is 5. The van der Waals surface area contributed by atoms with E-state index in [2.05, 4.69) is 5.32 Å². The van der Waals surface area contributed by atoms with Crippen LogP contribution >= 0.6 is 0 Å². The molecule has 2 aromatic rings. The van der Waals surface area contributed by atoms with E-state index in [4.69, 9.17) is 9.47 Å². The van der Waals surface area contributed by atoms with E-state index in [1.807, 2.05) is 32.0 Å². The Labute approximate surface area is 152 Å². The number of amides is 2. The van der Waals surface area contributed by atoms with Gasteiger partial charge in [-0.05, 0) is 49.2 Å². The molecule has 1 unspecified atom stereocenters. The second-order valence-electron chi connectivity index (χ2n) is 6.38. The lowest BCUT2D eigenvalue weighted by atomic mass is 10.1. The highest BCUT2D eigenvalue weighted by Crippen LogP contribution is 2.32. The molecule has 136 valence electrons. The third-order valence-corrected chi connectivity index (χ3v) is 4.35. The van der Waals surface area contributed by atoms with Gasteiger partial charge in [-0.3, -0.25) is 9.59 Å². The molecule has 1 aliphatic rings. The minimum Gasteiger partial charge on any atom is -0.497 e. The van der Waals surface area contributed by atoms with Gasteiger partial charge in [-0.1, -0.05) is 6.07 Å². The molecule has 1 saturated heterocycles. The van der Waals surface area contributed by atoms with Crippen LogP contribution in [0.15, 0.2) is 36.4 Å². The van der Waals surface area contributed by atoms with Crippen LogP contribution in [-0.2, 0) is 9.59 Å². The van der Waals surface area contributed by atoms with Crippen LogP contribution in [0.3, 0.4) is 0 Å². The highest BCUT2D eigenvalue weighted by Gasteiger charge is 2.40. The fourth-order valence-corrected chi connectivity index (χ4v) is 3.20. The number of hydrogen-bond donors (Lipinski definition) is 1. The highest BCUT2D eigenvalue weighted by atomic mass is 16.5. The van der Waals surface area contributed by atoms with Crippen LogP contribution in [0.25, 0.3) is 0 Å². The van der Waals surface area contributed by atoms with Crippen LogP contribution in [0.4, 0.5) is 11.4 Å². The first-order valence-corrected chi connectivity index (χ1v) is 8.36. The predicted molar refractivity (Wildman–Crippen MR) is 100.0 cm³/mol. The topological polar surface area (TPSA) is 67.9 Å². The van der Waals surface area contributed by atoms with Crippen molar-refractivity contribution in [2.24, 2.45) is 0 Å². The first-order valence-electron chi connectivity index (χ1n) is 8.36. The number of carbonyl (C=O) groups excluding carboxylic acids is 2. The molecule has 26 heavy (non-hydrogen) atoms. The van der Waals surface area contributed by atoms with E-state index in [0.29, 0.717) is 22.9 Å². The van der Waals surface area contributed by atoms with Crippen molar-refractivity contribution in [3.05, 3.63) is 47.5 Å². The smallest absolute Gasteiger partial charge is 0.256 e. The van der Waals surface area contributed by atoms with Gasteiger partial charge in [0.2, 0.25) is 5.91 Å². The van der Waals surface area contributed by atoms with E-state index < -0.39 is 6.04 Å². The van der Waals surface area contributed by atoms with Crippen LogP contribution in [0.1, 0.15) is 17.5 Å². The summed E-state index contributed by atoms with van der Waals surface area (Å²) >= 11 is 0. The maximum atomic E-state index is 12.8. The van der Waals surface area contributed by atoms with E-state index >= 15 is 0 Å². The third kappa shape index (κ3) is 3.35. The van der Waals surface area contributed by atoms with Gasteiger partial charge in [0, 0.05) is 6.07 Å². The minimum absolute atomic E-state index is 0.0982. The standard InChI is InChI=1S/C20H22N2O4/c1-12-7-13(2)9-14(8-12)22-19(23)11-17(20(22)24)21-16-6-5-15(25-3)10-18(16)26-4/h5-10,17,21H,11H2,1-4H3. The van der Waals surface area contributed by atoms with Gasteiger partial charge in [-0.15, -0.1) is 0 Å². The summed E-state index contributed by atoms with van der Waals surface area (Å²) in [5.41, 5.74) is 3.27. The maximum absolute atomic E-state index is 12.8. The zero-order chi connectivity index (χ0) is 18.8. The van der Waals surface area contributed by atoms with Crippen LogP contribution in [0.5, 0.6) is 11.5 Å². The van der Waals surface area contributed by atoms with Crippen molar-refractivity contribution in [3.8, 4) is 11.5 Å². The number of ether oxygens (including phenoxy) is 2. The Morgan fingerprint density at radius 3 is 2.31 bits per heavy atom. The molecule has 6 heteroatoms. The molecule has 0 saturated carbocycles. The Kier molecular flexibility index (Phi) is 4.84. The number of anilines is 2. The molecule has 2 amide bonds. The van der Waals surface area contributed by atoms with Crippen molar-refractivity contribution in [2.45, 2.75) is 26.3 Å². The SMILES string of the molecule is COc1ccc(NC2CC(=O)N(c3cc(C)cc(C)c3)C2=O)c(OC)c1. The molecule has 0 spiro atoms. The monoisotopic (exact) mass is 354 g/mol. The Morgan fingerprint density at radius 2 is 1.69 bits per heavy atom. The number of nitrogens with zero attached hydrogens (tertiary/aromatic N) is 1. The summed E-state index contributed by atoms with van der Waals surface area (Å²) in [6.07, 6.45) is 0.0982. The average molecular weight is 354 g/mol. The number of methoxy groups -OCH3 is 2. The zero-order valence-corrected chi connectivity index (χ0v) is 15.3. The molecule has 0 aliphatic carbocycles. The van der Waals surface area contributed by atoms with Crippen LogP contribution in [0.2, 0.25) is 0 Å². The Hall–Kier alpha value is -3.02. The molecule has 6 nitrogen and oxygen atoms in total. The first-order chi connectivity index (χ1) is 12.4. The Balaban J connectivity index is 1.85. The molecule has 1 fully saturated rings. The summed E-state index contributed by atoms with van der Waals surface area (Å²) in [4.78, 5) is 26.6. The summed E-state index contributed by atoms with van der Waals surface area (Å²) < 4.78 is 10.5. The van der Waals surface area contributed by atoms with Crippen molar-refractivity contribution in [3.63, 3.8) is 0 Å². The molecule has 3 rings (SSSR count). The van der Waals surface area contributed by atoms with Crippen LogP contribution < -0.4 is 19.7 Å². The fraction of sp³-hybridized carbons (Fsp3) is 0.300. The number of imide groups is 1. The van der Waals surface area contributed by atoms with Crippen molar-refractivity contribution in [1.82, 2.24) is 0 Å². The molecule has 1 N–H and O–H groups in total. The number of benzene rings is 2. The molecule has 1 heterocycles. The third-order valence-electron chi connectivity index (χ3n) is 4.35.